The van der Waals surface area contributed by atoms with Crippen LogP contribution in [0.3, 0.4) is 0 Å². The van der Waals surface area contributed by atoms with Gasteiger partial charge in [-0.3, -0.25) is 9.59 Å². The van der Waals surface area contributed by atoms with Gasteiger partial charge in [0, 0.05) is 30.0 Å². The van der Waals surface area contributed by atoms with Gasteiger partial charge in [-0.25, -0.2) is 0 Å². The summed E-state index contributed by atoms with van der Waals surface area (Å²) in [5.74, 6) is 0.477. The van der Waals surface area contributed by atoms with Crippen molar-refractivity contribution in [1.82, 2.24) is 15.0 Å². The number of nitrogens with zero attached hydrogens (tertiary/aromatic N) is 3. The summed E-state index contributed by atoms with van der Waals surface area (Å²) in [4.78, 5) is 30.1. The number of hydrogen-bond acceptors (Lipinski definition) is 7. The Morgan fingerprint density at radius 3 is 2.65 bits per heavy atom. The maximum absolute atomic E-state index is 13.4. The summed E-state index contributed by atoms with van der Waals surface area (Å²) < 4.78 is 23.1. The summed E-state index contributed by atoms with van der Waals surface area (Å²) >= 11 is 6.16. The Balaban J connectivity index is 1.33. The molecule has 0 unspecified atom stereocenters. The van der Waals surface area contributed by atoms with Gasteiger partial charge in [0.25, 0.3) is 0 Å². The SMILES string of the molecule is Cc1cc(OC[C@]2(CC(=O)N3CCOCC3)CN(C(=O)Cc3noc4ccccc34)CCO2)ccc1Cl. The Labute approximate surface area is 220 Å². The number of hydrogen-bond donors (Lipinski definition) is 0. The molecule has 2 saturated heterocycles. The molecule has 37 heavy (non-hydrogen) atoms. The number of para-hydroxylation sites is 1. The predicted octanol–water partition coefficient (Wildman–Crippen LogP) is 3.26. The third kappa shape index (κ3) is 5.89. The highest BCUT2D eigenvalue weighted by Gasteiger charge is 2.42. The van der Waals surface area contributed by atoms with Crippen molar-refractivity contribution in [1.29, 1.82) is 0 Å². The first-order valence-corrected chi connectivity index (χ1v) is 12.8. The van der Waals surface area contributed by atoms with Crippen LogP contribution in [0, 0.1) is 6.92 Å². The maximum atomic E-state index is 13.4. The number of aryl methyl sites for hydroxylation is 1. The Kier molecular flexibility index (Phi) is 7.64. The molecule has 196 valence electrons. The normalized spacial score (nSPS) is 20.3. The minimum Gasteiger partial charge on any atom is -0.490 e. The average Bonchev–Trinajstić information content (AvgIpc) is 3.32. The second kappa shape index (κ2) is 11.1. The quantitative estimate of drug-likeness (QED) is 0.465. The number of ether oxygens (including phenoxy) is 3. The van der Waals surface area contributed by atoms with Crippen LogP contribution < -0.4 is 4.74 Å². The standard InChI is InChI=1S/C27H30ClN3O6/c1-19-14-20(6-7-22(19)28)35-18-27(16-26(33)30-8-11-34-12-9-30)17-31(10-13-36-27)25(32)15-23-21-4-2-3-5-24(21)37-29-23/h2-7,14H,8-13,15-18H2,1H3/t27-/m0/s1. The van der Waals surface area contributed by atoms with Crippen molar-refractivity contribution >= 4 is 34.4 Å². The molecule has 0 N–H and O–H groups in total. The fraction of sp³-hybridized carbons (Fsp3) is 0.444. The summed E-state index contributed by atoms with van der Waals surface area (Å²) in [6.07, 6.45) is 0.192. The molecule has 0 saturated carbocycles. The highest BCUT2D eigenvalue weighted by molar-refractivity contribution is 6.31. The molecule has 0 aliphatic carbocycles. The number of halogens is 1. The fourth-order valence-corrected chi connectivity index (χ4v) is 4.86. The van der Waals surface area contributed by atoms with Gasteiger partial charge in [-0.2, -0.15) is 0 Å². The Morgan fingerprint density at radius 2 is 1.84 bits per heavy atom. The third-order valence-corrected chi connectivity index (χ3v) is 7.26. The van der Waals surface area contributed by atoms with E-state index in [9.17, 15) is 9.59 Å². The van der Waals surface area contributed by atoms with Gasteiger partial charge in [-0.15, -0.1) is 0 Å². The zero-order valence-corrected chi connectivity index (χ0v) is 21.5. The van der Waals surface area contributed by atoms with Crippen LogP contribution >= 0.6 is 11.6 Å². The smallest absolute Gasteiger partial charge is 0.228 e. The van der Waals surface area contributed by atoms with E-state index in [1.165, 1.54) is 0 Å². The summed E-state index contributed by atoms with van der Waals surface area (Å²) in [6, 6.07) is 12.9. The van der Waals surface area contributed by atoms with E-state index in [0.717, 1.165) is 10.9 Å². The molecule has 3 aromatic rings. The molecule has 0 spiro atoms. The first-order chi connectivity index (χ1) is 17.9. The number of rotatable bonds is 7. The zero-order chi connectivity index (χ0) is 25.8. The lowest BCUT2D eigenvalue weighted by Crippen LogP contribution is -2.59. The number of fused-ring (bicyclic) bond motifs is 1. The second-order valence-electron chi connectivity index (χ2n) is 9.52. The summed E-state index contributed by atoms with van der Waals surface area (Å²) in [5, 5.41) is 5.57. The molecule has 1 atom stereocenters. The highest BCUT2D eigenvalue weighted by atomic mass is 35.5. The number of morpholine rings is 2. The molecule has 10 heteroatoms. The Hall–Kier alpha value is -3.14. The van der Waals surface area contributed by atoms with Gasteiger partial charge in [0.15, 0.2) is 5.58 Å². The van der Waals surface area contributed by atoms with Crippen molar-refractivity contribution in [3.05, 3.63) is 58.7 Å². The van der Waals surface area contributed by atoms with Crippen molar-refractivity contribution in [3.63, 3.8) is 0 Å². The van der Waals surface area contributed by atoms with E-state index in [2.05, 4.69) is 5.16 Å². The van der Waals surface area contributed by atoms with Crippen LogP contribution in [-0.4, -0.2) is 85.0 Å². The van der Waals surface area contributed by atoms with Crippen LogP contribution in [-0.2, 0) is 25.5 Å². The minimum absolute atomic E-state index is 0.0454. The molecular weight excluding hydrogens is 498 g/mol. The summed E-state index contributed by atoms with van der Waals surface area (Å²) in [5.41, 5.74) is 1.13. The maximum Gasteiger partial charge on any atom is 0.228 e. The molecule has 3 heterocycles. The number of aromatic nitrogens is 1. The van der Waals surface area contributed by atoms with Crippen LogP contribution in [0.2, 0.25) is 5.02 Å². The summed E-state index contributed by atoms with van der Waals surface area (Å²) in [7, 11) is 0. The van der Waals surface area contributed by atoms with Crippen LogP contribution in [0.15, 0.2) is 47.0 Å². The van der Waals surface area contributed by atoms with Crippen LogP contribution in [0.5, 0.6) is 5.75 Å². The highest BCUT2D eigenvalue weighted by Crippen LogP contribution is 2.28. The van der Waals surface area contributed by atoms with Gasteiger partial charge in [-0.1, -0.05) is 28.9 Å². The average molecular weight is 528 g/mol. The lowest BCUT2D eigenvalue weighted by Gasteiger charge is -2.43. The van der Waals surface area contributed by atoms with Gasteiger partial charge in [0.1, 0.15) is 23.7 Å². The van der Waals surface area contributed by atoms with Gasteiger partial charge >= 0.3 is 0 Å². The van der Waals surface area contributed by atoms with Crippen molar-refractivity contribution in [2.45, 2.75) is 25.4 Å². The van der Waals surface area contributed by atoms with Crippen LogP contribution in [0.1, 0.15) is 17.7 Å². The lowest BCUT2D eigenvalue weighted by molar-refractivity contribution is -0.167. The molecule has 2 amide bonds. The predicted molar refractivity (Wildman–Crippen MR) is 137 cm³/mol. The molecule has 2 aliphatic heterocycles. The van der Waals surface area contributed by atoms with Gasteiger partial charge in [-0.05, 0) is 42.8 Å². The molecule has 2 aliphatic rings. The van der Waals surface area contributed by atoms with E-state index in [-0.39, 0.29) is 37.8 Å². The van der Waals surface area contributed by atoms with E-state index >= 15 is 0 Å². The fourth-order valence-electron chi connectivity index (χ4n) is 4.75. The third-order valence-electron chi connectivity index (χ3n) is 6.84. The number of amides is 2. The minimum atomic E-state index is -0.997. The molecule has 2 fully saturated rings. The van der Waals surface area contributed by atoms with Crippen molar-refractivity contribution < 1.29 is 28.3 Å². The van der Waals surface area contributed by atoms with Crippen LogP contribution in [0.25, 0.3) is 11.0 Å². The Morgan fingerprint density at radius 1 is 1.05 bits per heavy atom. The number of benzene rings is 2. The van der Waals surface area contributed by atoms with E-state index in [0.29, 0.717) is 61.5 Å². The molecule has 1 aromatic heterocycles. The monoisotopic (exact) mass is 527 g/mol. The largest absolute Gasteiger partial charge is 0.490 e. The van der Waals surface area contributed by atoms with Crippen molar-refractivity contribution in [2.24, 2.45) is 0 Å². The first kappa shape index (κ1) is 25.5. The first-order valence-electron chi connectivity index (χ1n) is 12.4. The molecule has 9 nitrogen and oxygen atoms in total. The van der Waals surface area contributed by atoms with E-state index < -0.39 is 5.60 Å². The number of carbonyl (C=O) groups is 2. The number of carbonyl (C=O) groups excluding carboxylic acids is 2. The van der Waals surface area contributed by atoms with Gasteiger partial charge < -0.3 is 28.5 Å². The summed E-state index contributed by atoms with van der Waals surface area (Å²) in [6.45, 7) is 5.05. The molecule has 0 bridgehead atoms. The lowest BCUT2D eigenvalue weighted by atomic mass is 9.96. The Bertz CT molecular complexity index is 1270. The van der Waals surface area contributed by atoms with E-state index in [1.54, 1.807) is 21.9 Å². The molecular formula is C27H30ClN3O6. The molecule has 5 rings (SSSR count). The molecule has 0 radical (unpaired) electrons. The van der Waals surface area contributed by atoms with E-state index in [1.807, 2.05) is 37.3 Å². The van der Waals surface area contributed by atoms with Crippen molar-refractivity contribution in [3.8, 4) is 5.75 Å². The van der Waals surface area contributed by atoms with Gasteiger partial charge in [0.05, 0.1) is 39.2 Å². The second-order valence-corrected chi connectivity index (χ2v) is 9.93. The zero-order valence-electron chi connectivity index (χ0n) is 20.8. The topological polar surface area (TPSA) is 94.3 Å². The molecule has 2 aromatic carbocycles. The van der Waals surface area contributed by atoms with Crippen molar-refractivity contribution in [2.75, 3.05) is 52.6 Å². The van der Waals surface area contributed by atoms with E-state index in [4.69, 9.17) is 30.3 Å². The van der Waals surface area contributed by atoms with Gasteiger partial charge in [0.2, 0.25) is 11.8 Å². The van der Waals surface area contributed by atoms with Crippen LogP contribution in [0.4, 0.5) is 0 Å².